The van der Waals surface area contributed by atoms with Crippen LogP contribution in [0, 0.1) is 0 Å². The third-order valence-electron chi connectivity index (χ3n) is 4.48. The third kappa shape index (κ3) is 3.29. The first-order chi connectivity index (χ1) is 12.1. The van der Waals surface area contributed by atoms with Gasteiger partial charge >= 0.3 is 5.97 Å². The molecule has 0 aliphatic carbocycles. The predicted octanol–water partition coefficient (Wildman–Crippen LogP) is 3.56. The quantitative estimate of drug-likeness (QED) is 0.653. The number of esters is 1. The van der Waals surface area contributed by atoms with Gasteiger partial charge in [-0.05, 0) is 17.9 Å². The highest BCUT2D eigenvalue weighted by atomic mass is 35.5. The second kappa shape index (κ2) is 7.31. The summed E-state index contributed by atoms with van der Waals surface area (Å²) >= 11 is 6.14. The summed E-state index contributed by atoms with van der Waals surface area (Å²) in [6, 6.07) is 9.16. The summed E-state index contributed by atoms with van der Waals surface area (Å²) < 4.78 is 4.87. The van der Waals surface area contributed by atoms with Gasteiger partial charge in [-0.15, -0.1) is 11.6 Å². The number of aromatic hydroxyl groups is 1. The van der Waals surface area contributed by atoms with E-state index in [9.17, 15) is 14.7 Å². The van der Waals surface area contributed by atoms with Crippen molar-refractivity contribution in [1.29, 1.82) is 0 Å². The number of hydrogen-bond donors (Lipinski definition) is 1. The molecule has 2 aromatic carbocycles. The lowest BCUT2D eigenvalue weighted by atomic mass is 9.95. The summed E-state index contributed by atoms with van der Waals surface area (Å²) in [5.74, 6) is -0.0488. The van der Waals surface area contributed by atoms with Crippen LogP contribution in [-0.2, 0) is 14.3 Å². The summed E-state index contributed by atoms with van der Waals surface area (Å²) in [5.41, 5.74) is 1.66. The van der Waals surface area contributed by atoms with Crippen molar-refractivity contribution < 1.29 is 19.4 Å². The van der Waals surface area contributed by atoms with Gasteiger partial charge in [0, 0.05) is 36.2 Å². The van der Waals surface area contributed by atoms with Gasteiger partial charge in [-0.3, -0.25) is 9.59 Å². The Labute approximate surface area is 151 Å². The van der Waals surface area contributed by atoms with Gasteiger partial charge in [-0.1, -0.05) is 24.3 Å². The molecule has 1 atom stereocenters. The Morgan fingerprint density at radius 2 is 2.00 bits per heavy atom. The molecule has 0 radical (unpaired) electrons. The smallest absolute Gasteiger partial charge is 0.306 e. The van der Waals surface area contributed by atoms with Crippen LogP contribution in [0.3, 0.4) is 0 Å². The van der Waals surface area contributed by atoms with E-state index in [0.717, 1.165) is 16.3 Å². The van der Waals surface area contributed by atoms with E-state index in [2.05, 4.69) is 0 Å². The first-order valence-corrected chi connectivity index (χ1v) is 8.86. The summed E-state index contributed by atoms with van der Waals surface area (Å²) in [4.78, 5) is 25.7. The summed E-state index contributed by atoms with van der Waals surface area (Å²) in [6.07, 6.45) is 0.116. The molecule has 1 N–H and O–H groups in total. The van der Waals surface area contributed by atoms with Gasteiger partial charge in [0.1, 0.15) is 5.75 Å². The number of fused-ring (bicyclic) bond motifs is 3. The second-order valence-corrected chi connectivity index (χ2v) is 6.34. The minimum absolute atomic E-state index is 0.00582. The zero-order valence-electron chi connectivity index (χ0n) is 14.0. The van der Waals surface area contributed by atoms with Crippen molar-refractivity contribution in [3.63, 3.8) is 0 Å². The first-order valence-electron chi connectivity index (χ1n) is 8.33. The van der Waals surface area contributed by atoms with Gasteiger partial charge in [-0.25, -0.2) is 0 Å². The minimum atomic E-state index is -0.384. The zero-order chi connectivity index (χ0) is 18.0. The molecule has 6 heteroatoms. The van der Waals surface area contributed by atoms with Crippen molar-refractivity contribution >= 4 is 39.9 Å². The monoisotopic (exact) mass is 361 g/mol. The lowest BCUT2D eigenvalue weighted by Gasteiger charge is -2.18. The zero-order valence-corrected chi connectivity index (χ0v) is 14.8. The Morgan fingerprint density at radius 1 is 1.28 bits per heavy atom. The SMILES string of the molecule is CCOC(=O)CCC(=O)N1CC(CCl)c2c1cc(O)c1ccccc21. The van der Waals surface area contributed by atoms with Crippen molar-refractivity contribution in [1.82, 2.24) is 0 Å². The van der Waals surface area contributed by atoms with E-state index in [1.807, 2.05) is 24.3 Å². The van der Waals surface area contributed by atoms with Crippen LogP contribution in [0.4, 0.5) is 5.69 Å². The maximum atomic E-state index is 12.6. The molecule has 1 aliphatic rings. The van der Waals surface area contributed by atoms with Crippen LogP contribution >= 0.6 is 11.6 Å². The lowest BCUT2D eigenvalue weighted by molar-refractivity contribution is -0.144. The number of phenolic OH excluding ortho intramolecular Hbond substituents is 1. The van der Waals surface area contributed by atoms with Crippen LogP contribution in [-0.4, -0.2) is 36.0 Å². The molecule has 1 unspecified atom stereocenters. The molecule has 132 valence electrons. The number of phenols is 1. The number of carbonyl (C=O) groups is 2. The molecular weight excluding hydrogens is 342 g/mol. The van der Waals surface area contributed by atoms with Gasteiger partial charge < -0.3 is 14.7 Å². The topological polar surface area (TPSA) is 66.8 Å². The van der Waals surface area contributed by atoms with E-state index in [-0.39, 0.29) is 36.4 Å². The molecule has 0 saturated carbocycles. The highest BCUT2D eigenvalue weighted by Crippen LogP contribution is 2.45. The molecule has 25 heavy (non-hydrogen) atoms. The first kappa shape index (κ1) is 17.5. The molecule has 1 amide bonds. The van der Waals surface area contributed by atoms with Gasteiger partial charge in [0.25, 0.3) is 0 Å². The molecule has 1 heterocycles. The van der Waals surface area contributed by atoms with Crippen molar-refractivity contribution in [3.05, 3.63) is 35.9 Å². The fourth-order valence-electron chi connectivity index (χ4n) is 3.37. The normalized spacial score (nSPS) is 16.1. The lowest BCUT2D eigenvalue weighted by Crippen LogP contribution is -2.30. The second-order valence-electron chi connectivity index (χ2n) is 6.03. The third-order valence-corrected chi connectivity index (χ3v) is 4.85. The Balaban J connectivity index is 1.93. The summed E-state index contributed by atoms with van der Waals surface area (Å²) in [7, 11) is 0. The van der Waals surface area contributed by atoms with Crippen molar-refractivity contribution in [2.75, 3.05) is 23.9 Å². The molecule has 2 aromatic rings. The number of amides is 1. The van der Waals surface area contributed by atoms with Crippen molar-refractivity contribution in [2.24, 2.45) is 0 Å². The maximum Gasteiger partial charge on any atom is 0.306 e. The summed E-state index contributed by atoms with van der Waals surface area (Å²) in [5, 5.41) is 12.0. The fourth-order valence-corrected chi connectivity index (χ4v) is 3.62. The Hall–Kier alpha value is -2.27. The molecule has 0 bridgehead atoms. The summed E-state index contributed by atoms with van der Waals surface area (Å²) in [6.45, 7) is 2.48. The number of rotatable bonds is 5. The number of anilines is 1. The standard InChI is InChI=1S/C19H20ClNO4/c1-2-25-18(24)8-7-17(23)21-11-12(10-20)19-14-6-4-3-5-13(14)16(22)9-15(19)21/h3-6,9,12,22H,2,7-8,10-11H2,1H3. The van der Waals surface area contributed by atoms with Gasteiger partial charge in [-0.2, -0.15) is 0 Å². The van der Waals surface area contributed by atoms with E-state index in [0.29, 0.717) is 24.7 Å². The number of nitrogens with zero attached hydrogens (tertiary/aromatic N) is 1. The van der Waals surface area contributed by atoms with Gasteiger partial charge in [0.2, 0.25) is 5.91 Å². The van der Waals surface area contributed by atoms with Crippen LogP contribution in [0.25, 0.3) is 10.8 Å². The Morgan fingerprint density at radius 3 is 2.68 bits per heavy atom. The number of alkyl halides is 1. The largest absolute Gasteiger partial charge is 0.507 e. The van der Waals surface area contributed by atoms with Crippen LogP contribution in [0.2, 0.25) is 0 Å². The van der Waals surface area contributed by atoms with Gasteiger partial charge in [0.15, 0.2) is 0 Å². The Bertz CT molecular complexity index is 820. The molecule has 0 spiro atoms. The minimum Gasteiger partial charge on any atom is -0.507 e. The van der Waals surface area contributed by atoms with E-state index in [1.54, 1.807) is 17.9 Å². The number of benzene rings is 2. The number of carbonyl (C=O) groups excluding carboxylic acids is 2. The predicted molar refractivity (Wildman–Crippen MR) is 97.3 cm³/mol. The molecule has 0 fully saturated rings. The number of halogens is 1. The molecular formula is C19H20ClNO4. The molecule has 1 aliphatic heterocycles. The van der Waals surface area contributed by atoms with E-state index >= 15 is 0 Å². The number of ether oxygens (including phenoxy) is 1. The van der Waals surface area contributed by atoms with Gasteiger partial charge in [0.05, 0.1) is 18.7 Å². The molecule has 0 aromatic heterocycles. The fraction of sp³-hybridized carbons (Fsp3) is 0.368. The van der Waals surface area contributed by atoms with Crippen molar-refractivity contribution in [3.8, 4) is 5.75 Å². The Kier molecular flexibility index (Phi) is 5.13. The number of hydrogen-bond acceptors (Lipinski definition) is 4. The van der Waals surface area contributed by atoms with Crippen LogP contribution < -0.4 is 4.90 Å². The van der Waals surface area contributed by atoms with Crippen molar-refractivity contribution in [2.45, 2.75) is 25.7 Å². The van der Waals surface area contributed by atoms with E-state index in [1.165, 1.54) is 0 Å². The molecule has 3 rings (SSSR count). The highest BCUT2D eigenvalue weighted by molar-refractivity contribution is 6.19. The maximum absolute atomic E-state index is 12.6. The van der Waals surface area contributed by atoms with Crippen LogP contribution in [0.1, 0.15) is 31.2 Å². The van der Waals surface area contributed by atoms with E-state index in [4.69, 9.17) is 16.3 Å². The average Bonchev–Trinajstić information content (AvgIpc) is 2.99. The molecule has 5 nitrogen and oxygen atoms in total. The van der Waals surface area contributed by atoms with Crippen LogP contribution in [0.5, 0.6) is 5.75 Å². The van der Waals surface area contributed by atoms with E-state index < -0.39 is 0 Å². The molecule has 0 saturated heterocycles. The van der Waals surface area contributed by atoms with Crippen LogP contribution in [0.15, 0.2) is 30.3 Å². The highest BCUT2D eigenvalue weighted by Gasteiger charge is 2.34. The average molecular weight is 362 g/mol.